The predicted molar refractivity (Wildman–Crippen MR) is 76.0 cm³/mol. The monoisotopic (exact) mass is 273 g/mol. The van der Waals surface area contributed by atoms with Gasteiger partial charge < -0.3 is 10.0 Å². The second kappa shape index (κ2) is 5.27. The highest BCUT2D eigenvalue weighted by atomic mass is 16.4. The number of hydrogen-bond donors (Lipinski definition) is 1. The summed E-state index contributed by atoms with van der Waals surface area (Å²) in [6.45, 7) is 0.745. The van der Waals surface area contributed by atoms with Crippen molar-refractivity contribution in [2.24, 2.45) is 5.92 Å². The first-order chi connectivity index (χ1) is 9.65. The lowest BCUT2D eigenvalue weighted by Crippen LogP contribution is -2.33. The first-order valence-electron chi connectivity index (χ1n) is 7.32. The molecule has 1 heterocycles. The van der Waals surface area contributed by atoms with E-state index in [1.807, 2.05) is 0 Å². The molecule has 0 bridgehead atoms. The Labute approximate surface area is 118 Å². The molecule has 1 saturated carbocycles. The number of fused-ring (bicyclic) bond motifs is 1. The molecule has 3 rings (SSSR count). The van der Waals surface area contributed by atoms with Crippen LogP contribution in [-0.4, -0.2) is 23.5 Å². The summed E-state index contributed by atoms with van der Waals surface area (Å²) in [7, 11) is 0. The van der Waals surface area contributed by atoms with Crippen molar-refractivity contribution in [2.75, 3.05) is 11.4 Å². The van der Waals surface area contributed by atoms with E-state index in [4.69, 9.17) is 5.11 Å². The molecule has 1 aliphatic heterocycles. The van der Waals surface area contributed by atoms with Crippen LogP contribution < -0.4 is 4.90 Å². The van der Waals surface area contributed by atoms with Crippen LogP contribution in [0.25, 0.3) is 0 Å². The van der Waals surface area contributed by atoms with Gasteiger partial charge in [0.25, 0.3) is 0 Å². The van der Waals surface area contributed by atoms with Crippen molar-refractivity contribution in [3.63, 3.8) is 0 Å². The van der Waals surface area contributed by atoms with Crippen LogP contribution in [0.1, 0.15) is 48.0 Å². The van der Waals surface area contributed by atoms with Gasteiger partial charge in [-0.3, -0.25) is 4.79 Å². The lowest BCUT2D eigenvalue weighted by Gasteiger charge is -2.27. The highest BCUT2D eigenvalue weighted by Gasteiger charge is 2.30. The average Bonchev–Trinajstić information content (AvgIpc) is 2.75. The van der Waals surface area contributed by atoms with Crippen molar-refractivity contribution >= 4 is 17.6 Å². The Morgan fingerprint density at radius 1 is 1.25 bits per heavy atom. The molecule has 0 spiro atoms. The molecule has 0 unspecified atom stereocenters. The number of carboxylic acid groups (broad SMARTS) is 1. The number of aromatic carboxylic acids is 1. The fraction of sp³-hybridized carbons (Fsp3) is 0.500. The molecule has 4 nitrogen and oxygen atoms in total. The molecular formula is C16H19NO3. The number of anilines is 1. The topological polar surface area (TPSA) is 57.6 Å². The number of carbonyl (C=O) groups excluding carboxylic acids is 1. The smallest absolute Gasteiger partial charge is 0.335 e. The molecule has 1 aromatic carbocycles. The van der Waals surface area contributed by atoms with Gasteiger partial charge in [0.1, 0.15) is 0 Å². The van der Waals surface area contributed by atoms with Gasteiger partial charge in [0.15, 0.2) is 0 Å². The fourth-order valence-corrected chi connectivity index (χ4v) is 3.32. The van der Waals surface area contributed by atoms with Gasteiger partial charge >= 0.3 is 5.97 Å². The van der Waals surface area contributed by atoms with Crippen LogP contribution >= 0.6 is 0 Å². The second-order valence-electron chi connectivity index (χ2n) is 5.83. The minimum atomic E-state index is -0.940. The highest BCUT2D eigenvalue weighted by molar-refractivity contribution is 6.03. The Balaban J connectivity index is 1.83. The first-order valence-corrected chi connectivity index (χ1v) is 7.32. The van der Waals surface area contributed by atoms with Crippen LogP contribution in [0.5, 0.6) is 0 Å². The van der Waals surface area contributed by atoms with E-state index in [9.17, 15) is 9.59 Å². The van der Waals surface area contributed by atoms with Crippen molar-refractivity contribution in [3.8, 4) is 0 Å². The van der Waals surface area contributed by atoms with Crippen LogP contribution in [0.2, 0.25) is 0 Å². The SMILES string of the molecule is O=C(O)c1ccc2c(c1)N(CC1CCCCC1)C(=O)C2. The zero-order chi connectivity index (χ0) is 14.1. The normalized spacial score (nSPS) is 19.2. The lowest BCUT2D eigenvalue weighted by molar-refractivity contribution is -0.117. The van der Waals surface area contributed by atoms with Crippen LogP contribution in [0, 0.1) is 5.92 Å². The van der Waals surface area contributed by atoms with Crippen molar-refractivity contribution in [2.45, 2.75) is 38.5 Å². The molecule has 106 valence electrons. The van der Waals surface area contributed by atoms with E-state index >= 15 is 0 Å². The van der Waals surface area contributed by atoms with Crippen molar-refractivity contribution in [1.29, 1.82) is 0 Å². The van der Waals surface area contributed by atoms with E-state index in [0.717, 1.165) is 17.8 Å². The predicted octanol–water partition coefficient (Wildman–Crippen LogP) is 2.85. The molecule has 1 fully saturated rings. The van der Waals surface area contributed by atoms with Gasteiger partial charge in [-0.25, -0.2) is 4.79 Å². The third kappa shape index (κ3) is 2.42. The molecule has 1 aromatic rings. The Morgan fingerprint density at radius 3 is 2.70 bits per heavy atom. The van der Waals surface area contributed by atoms with Crippen LogP contribution in [0.3, 0.4) is 0 Å². The number of carbonyl (C=O) groups is 2. The number of amides is 1. The van der Waals surface area contributed by atoms with E-state index in [1.54, 1.807) is 23.1 Å². The van der Waals surface area contributed by atoms with Crippen LogP contribution in [-0.2, 0) is 11.2 Å². The summed E-state index contributed by atoms with van der Waals surface area (Å²) >= 11 is 0. The molecule has 0 saturated heterocycles. The quantitative estimate of drug-likeness (QED) is 0.921. The Morgan fingerprint density at radius 2 is 2.00 bits per heavy atom. The minimum absolute atomic E-state index is 0.105. The standard InChI is InChI=1S/C16H19NO3/c18-15-9-12-6-7-13(16(19)20)8-14(12)17(15)10-11-4-2-1-3-5-11/h6-8,11H,1-5,9-10H2,(H,19,20). The summed E-state index contributed by atoms with van der Waals surface area (Å²) < 4.78 is 0. The third-order valence-electron chi connectivity index (χ3n) is 4.43. The van der Waals surface area contributed by atoms with Gasteiger partial charge in [-0.1, -0.05) is 25.3 Å². The fourth-order valence-electron chi connectivity index (χ4n) is 3.32. The highest BCUT2D eigenvalue weighted by Crippen LogP contribution is 2.33. The molecule has 1 N–H and O–H groups in total. The van der Waals surface area contributed by atoms with Crippen LogP contribution in [0.15, 0.2) is 18.2 Å². The minimum Gasteiger partial charge on any atom is -0.478 e. The molecule has 1 aliphatic carbocycles. The van der Waals surface area contributed by atoms with Crippen LogP contribution in [0.4, 0.5) is 5.69 Å². The zero-order valence-electron chi connectivity index (χ0n) is 11.5. The van der Waals surface area contributed by atoms with Crippen molar-refractivity contribution in [1.82, 2.24) is 0 Å². The number of benzene rings is 1. The molecule has 0 aromatic heterocycles. The van der Waals surface area contributed by atoms with Gasteiger partial charge in [-0.15, -0.1) is 0 Å². The molecule has 20 heavy (non-hydrogen) atoms. The van der Waals surface area contributed by atoms with E-state index in [-0.39, 0.29) is 11.5 Å². The average molecular weight is 273 g/mol. The van der Waals surface area contributed by atoms with E-state index in [1.165, 1.54) is 32.1 Å². The zero-order valence-corrected chi connectivity index (χ0v) is 11.5. The summed E-state index contributed by atoms with van der Waals surface area (Å²) in [6.07, 6.45) is 6.55. The summed E-state index contributed by atoms with van der Waals surface area (Å²) in [5, 5.41) is 9.09. The Bertz CT molecular complexity index is 547. The van der Waals surface area contributed by atoms with Gasteiger partial charge in [-0.2, -0.15) is 0 Å². The van der Waals surface area contributed by atoms with E-state index in [2.05, 4.69) is 0 Å². The number of rotatable bonds is 3. The number of nitrogens with zero attached hydrogens (tertiary/aromatic N) is 1. The molecule has 0 atom stereocenters. The largest absolute Gasteiger partial charge is 0.478 e. The summed E-state index contributed by atoms with van der Waals surface area (Å²) in [4.78, 5) is 25.0. The first kappa shape index (κ1) is 13.2. The summed E-state index contributed by atoms with van der Waals surface area (Å²) in [5.74, 6) is -0.273. The molecule has 1 amide bonds. The maximum absolute atomic E-state index is 12.2. The number of hydrogen-bond acceptors (Lipinski definition) is 2. The summed E-state index contributed by atoms with van der Waals surface area (Å²) in [6, 6.07) is 5.00. The second-order valence-corrected chi connectivity index (χ2v) is 5.83. The molecule has 2 aliphatic rings. The van der Waals surface area contributed by atoms with Crippen molar-refractivity contribution in [3.05, 3.63) is 29.3 Å². The van der Waals surface area contributed by atoms with Gasteiger partial charge in [0.2, 0.25) is 5.91 Å². The van der Waals surface area contributed by atoms with E-state index in [0.29, 0.717) is 12.3 Å². The van der Waals surface area contributed by atoms with Gasteiger partial charge in [-0.05, 0) is 36.5 Å². The molecule has 0 radical (unpaired) electrons. The third-order valence-corrected chi connectivity index (χ3v) is 4.43. The van der Waals surface area contributed by atoms with Gasteiger partial charge in [0.05, 0.1) is 12.0 Å². The number of carboxylic acids is 1. The molecule has 4 heteroatoms. The lowest BCUT2D eigenvalue weighted by atomic mass is 9.89. The summed E-state index contributed by atoms with van der Waals surface area (Å²) in [5.41, 5.74) is 2.02. The molecular weight excluding hydrogens is 254 g/mol. The Hall–Kier alpha value is -1.84. The Kier molecular flexibility index (Phi) is 3.47. The maximum Gasteiger partial charge on any atom is 0.335 e. The van der Waals surface area contributed by atoms with Crippen molar-refractivity contribution < 1.29 is 14.7 Å². The van der Waals surface area contributed by atoms with Gasteiger partial charge in [0, 0.05) is 12.2 Å². The maximum atomic E-state index is 12.2. The van der Waals surface area contributed by atoms with E-state index < -0.39 is 5.97 Å².